The highest BCUT2D eigenvalue weighted by Gasteiger charge is 2.10. The maximum Gasteiger partial charge on any atom is 0.329 e. The van der Waals surface area contributed by atoms with Gasteiger partial charge in [-0.3, -0.25) is 10.1 Å². The molecule has 0 aromatic rings. The number of imide groups is 1. The van der Waals surface area contributed by atoms with Crippen molar-refractivity contribution in [2.75, 3.05) is 13.2 Å². The number of carbonyl (C=O) groups is 3. The van der Waals surface area contributed by atoms with Gasteiger partial charge in [0.15, 0.2) is 0 Å². The zero-order chi connectivity index (χ0) is 13.3. The minimum absolute atomic E-state index is 0.257. The number of hydrogen-bond donors (Lipinski definition) is 3. The quantitative estimate of drug-likeness (QED) is 0.535. The molecular formula is C10H14N2O5. The van der Waals surface area contributed by atoms with Crippen molar-refractivity contribution in [3.8, 4) is 12.3 Å². The van der Waals surface area contributed by atoms with E-state index < -0.39 is 31.1 Å². The van der Waals surface area contributed by atoms with Gasteiger partial charge in [-0.25, -0.2) is 9.59 Å². The fraction of sp³-hybridized carbons (Fsp3) is 0.500. The van der Waals surface area contributed by atoms with Gasteiger partial charge in [0, 0.05) is 12.5 Å². The van der Waals surface area contributed by atoms with Crippen LogP contribution in [0.2, 0.25) is 0 Å². The van der Waals surface area contributed by atoms with Crippen molar-refractivity contribution < 1.29 is 24.2 Å². The lowest BCUT2D eigenvalue weighted by atomic mass is 10.2. The number of aliphatic carboxylic acids is 1. The van der Waals surface area contributed by atoms with Gasteiger partial charge in [0.05, 0.1) is 0 Å². The summed E-state index contributed by atoms with van der Waals surface area (Å²) in [7, 11) is 0. The predicted octanol–water partition coefficient (Wildman–Crippen LogP) is -0.675. The van der Waals surface area contributed by atoms with Gasteiger partial charge in [-0.05, 0) is 6.92 Å². The zero-order valence-corrected chi connectivity index (χ0v) is 9.36. The number of carboxylic acids is 1. The van der Waals surface area contributed by atoms with Gasteiger partial charge in [-0.1, -0.05) is 0 Å². The van der Waals surface area contributed by atoms with Crippen LogP contribution in [0.4, 0.5) is 4.79 Å². The normalized spacial score (nSPS) is 11.1. The summed E-state index contributed by atoms with van der Waals surface area (Å²) in [6.07, 6.45) is 5.38. The topological polar surface area (TPSA) is 105 Å². The number of urea groups is 1. The highest BCUT2D eigenvalue weighted by atomic mass is 16.5. The van der Waals surface area contributed by atoms with E-state index in [1.54, 1.807) is 6.92 Å². The molecule has 0 aromatic carbocycles. The van der Waals surface area contributed by atoms with Crippen LogP contribution in [-0.4, -0.2) is 42.3 Å². The second-order valence-electron chi connectivity index (χ2n) is 3.22. The Bertz CT molecular complexity index is 334. The first-order chi connectivity index (χ1) is 7.95. The van der Waals surface area contributed by atoms with Crippen LogP contribution < -0.4 is 10.6 Å². The molecule has 1 unspecified atom stereocenters. The summed E-state index contributed by atoms with van der Waals surface area (Å²) in [6, 6.07) is -0.954. The standard InChI is InChI=1S/C10H14N2O5/c1-3-4-7(2)11-10(16)12-8(13)5-17-6-9(14)15/h1,7H,4-6H2,2H3,(H,14,15)(H2,11,12,13,16). The fourth-order valence-corrected chi connectivity index (χ4v) is 0.881. The van der Waals surface area contributed by atoms with E-state index in [-0.39, 0.29) is 6.04 Å². The van der Waals surface area contributed by atoms with Crippen LogP contribution in [0.3, 0.4) is 0 Å². The molecule has 0 heterocycles. The van der Waals surface area contributed by atoms with E-state index >= 15 is 0 Å². The van der Waals surface area contributed by atoms with Crippen LogP contribution in [-0.2, 0) is 14.3 Å². The van der Waals surface area contributed by atoms with Gasteiger partial charge in [-0.2, -0.15) is 0 Å². The van der Waals surface area contributed by atoms with Crippen LogP contribution in [0.1, 0.15) is 13.3 Å². The lowest BCUT2D eigenvalue weighted by Gasteiger charge is -2.11. The Hall–Kier alpha value is -2.07. The zero-order valence-electron chi connectivity index (χ0n) is 9.36. The highest BCUT2D eigenvalue weighted by molar-refractivity contribution is 5.95. The number of carboxylic acid groups (broad SMARTS) is 1. The summed E-state index contributed by atoms with van der Waals surface area (Å²) in [4.78, 5) is 32.3. The Labute approximate surface area is 98.5 Å². The molecule has 94 valence electrons. The molecule has 0 rings (SSSR count). The van der Waals surface area contributed by atoms with Crippen LogP contribution in [0.5, 0.6) is 0 Å². The van der Waals surface area contributed by atoms with Crippen molar-refractivity contribution in [1.82, 2.24) is 10.6 Å². The van der Waals surface area contributed by atoms with Crippen LogP contribution in [0.25, 0.3) is 0 Å². The van der Waals surface area contributed by atoms with Gasteiger partial charge in [0.1, 0.15) is 13.2 Å². The minimum Gasteiger partial charge on any atom is -0.480 e. The second kappa shape index (κ2) is 8.13. The van der Waals surface area contributed by atoms with Crippen molar-refractivity contribution in [1.29, 1.82) is 0 Å². The number of amides is 3. The first-order valence-electron chi connectivity index (χ1n) is 4.79. The third-order valence-corrected chi connectivity index (χ3v) is 1.51. The molecule has 0 saturated carbocycles. The summed E-state index contributed by atoms with van der Waals surface area (Å²) < 4.78 is 4.49. The van der Waals surface area contributed by atoms with Gasteiger partial charge in [0.25, 0.3) is 5.91 Å². The van der Waals surface area contributed by atoms with E-state index in [9.17, 15) is 14.4 Å². The third kappa shape index (κ3) is 8.89. The molecule has 1 atom stereocenters. The summed E-state index contributed by atoms with van der Waals surface area (Å²) in [5, 5.41) is 12.6. The van der Waals surface area contributed by atoms with Gasteiger partial charge in [0.2, 0.25) is 0 Å². The summed E-state index contributed by atoms with van der Waals surface area (Å²) in [6.45, 7) is 0.594. The molecule has 3 amide bonds. The Morgan fingerprint density at radius 2 is 2.06 bits per heavy atom. The number of carbonyl (C=O) groups excluding carboxylic acids is 2. The Morgan fingerprint density at radius 3 is 2.59 bits per heavy atom. The minimum atomic E-state index is -1.19. The molecular weight excluding hydrogens is 228 g/mol. The first-order valence-corrected chi connectivity index (χ1v) is 4.79. The van der Waals surface area contributed by atoms with E-state index in [1.807, 2.05) is 5.32 Å². The Balaban J connectivity index is 3.77. The van der Waals surface area contributed by atoms with Crippen molar-refractivity contribution in [2.24, 2.45) is 0 Å². The van der Waals surface area contributed by atoms with Gasteiger partial charge in [-0.15, -0.1) is 12.3 Å². The molecule has 0 aliphatic heterocycles. The molecule has 0 aliphatic rings. The summed E-state index contributed by atoms with van der Waals surface area (Å²) in [5.74, 6) is 0.440. The second-order valence-corrected chi connectivity index (χ2v) is 3.22. The van der Waals surface area contributed by atoms with E-state index in [1.165, 1.54) is 0 Å². The SMILES string of the molecule is C#CCC(C)NC(=O)NC(=O)COCC(=O)O. The van der Waals surface area contributed by atoms with Crippen LogP contribution in [0, 0.1) is 12.3 Å². The monoisotopic (exact) mass is 242 g/mol. The molecule has 0 saturated heterocycles. The maximum absolute atomic E-state index is 11.2. The van der Waals surface area contributed by atoms with E-state index in [0.717, 1.165) is 0 Å². The predicted molar refractivity (Wildman–Crippen MR) is 58.0 cm³/mol. The first kappa shape index (κ1) is 14.9. The average Bonchev–Trinajstić information content (AvgIpc) is 2.16. The number of hydrogen-bond acceptors (Lipinski definition) is 4. The Kier molecular flexibility index (Phi) is 7.14. The van der Waals surface area contributed by atoms with Gasteiger partial charge < -0.3 is 15.2 Å². The molecule has 0 aromatic heterocycles. The number of rotatable bonds is 6. The molecule has 0 bridgehead atoms. The van der Waals surface area contributed by atoms with Crippen LogP contribution in [0.15, 0.2) is 0 Å². The van der Waals surface area contributed by atoms with Crippen LogP contribution >= 0.6 is 0 Å². The average molecular weight is 242 g/mol. The fourth-order valence-electron chi connectivity index (χ4n) is 0.881. The lowest BCUT2D eigenvalue weighted by Crippen LogP contribution is -2.44. The molecule has 0 aliphatic carbocycles. The van der Waals surface area contributed by atoms with Crippen molar-refractivity contribution in [3.05, 3.63) is 0 Å². The number of ether oxygens (including phenoxy) is 1. The Morgan fingerprint density at radius 1 is 1.41 bits per heavy atom. The molecule has 0 fully saturated rings. The molecule has 7 nitrogen and oxygen atoms in total. The third-order valence-electron chi connectivity index (χ3n) is 1.51. The van der Waals surface area contributed by atoms with E-state index in [4.69, 9.17) is 11.5 Å². The largest absolute Gasteiger partial charge is 0.480 e. The molecule has 7 heteroatoms. The lowest BCUT2D eigenvalue weighted by molar-refractivity contribution is -0.143. The van der Waals surface area contributed by atoms with Crippen molar-refractivity contribution in [3.63, 3.8) is 0 Å². The van der Waals surface area contributed by atoms with Crippen molar-refractivity contribution in [2.45, 2.75) is 19.4 Å². The molecule has 17 heavy (non-hydrogen) atoms. The van der Waals surface area contributed by atoms with E-state index in [2.05, 4.69) is 16.0 Å². The number of terminal acetylenes is 1. The summed E-state index contributed by atoms with van der Waals surface area (Å²) >= 11 is 0. The molecule has 0 radical (unpaired) electrons. The van der Waals surface area contributed by atoms with E-state index in [0.29, 0.717) is 6.42 Å². The van der Waals surface area contributed by atoms with Gasteiger partial charge >= 0.3 is 12.0 Å². The molecule has 0 spiro atoms. The smallest absolute Gasteiger partial charge is 0.329 e. The number of nitrogens with one attached hydrogen (secondary N) is 2. The highest BCUT2D eigenvalue weighted by Crippen LogP contribution is 1.87. The van der Waals surface area contributed by atoms with Crippen molar-refractivity contribution >= 4 is 17.9 Å². The maximum atomic E-state index is 11.2. The summed E-state index contributed by atoms with van der Waals surface area (Å²) in [5.41, 5.74) is 0. The molecule has 3 N–H and O–H groups in total.